The van der Waals surface area contributed by atoms with E-state index in [9.17, 15) is 4.39 Å². The summed E-state index contributed by atoms with van der Waals surface area (Å²) in [5, 5.41) is 0. The van der Waals surface area contributed by atoms with Gasteiger partial charge in [-0.05, 0) is 6.42 Å². The fourth-order valence-corrected chi connectivity index (χ4v) is 0.443. The molecule has 0 aromatic rings. The minimum absolute atomic E-state index is 0.0810. The van der Waals surface area contributed by atoms with Gasteiger partial charge in [-0.2, -0.15) is 0 Å². The quantitative estimate of drug-likeness (QED) is 0.495. The zero-order valence-corrected chi connectivity index (χ0v) is 5.15. The van der Waals surface area contributed by atoms with E-state index >= 15 is 0 Å². The minimum Gasteiger partial charge on any atom is -0.212 e. The van der Waals surface area contributed by atoms with Crippen LogP contribution in [0.4, 0.5) is 4.39 Å². The third-order valence-electron chi connectivity index (χ3n) is 0.765. The smallest absolute Gasteiger partial charge is 0.0997 e. The van der Waals surface area contributed by atoms with Gasteiger partial charge in [-0.1, -0.05) is 19.1 Å². The molecule has 0 amide bonds. The highest BCUT2D eigenvalue weighted by Crippen LogP contribution is 2.03. The van der Waals surface area contributed by atoms with E-state index < -0.39 is 0 Å². The molecule has 0 aliphatic rings. The van der Waals surface area contributed by atoms with Gasteiger partial charge >= 0.3 is 0 Å². The highest BCUT2D eigenvalue weighted by Gasteiger charge is 1.84. The molecule has 0 saturated heterocycles. The Bertz CT molecular complexity index is 92.6. The first-order valence-corrected chi connectivity index (χ1v) is 2.76. The Labute approximate surface area is 49.7 Å². The average Bonchev–Trinajstić information content (AvgIpc) is 1.68. The first-order valence-electron chi connectivity index (χ1n) is 2.76. The van der Waals surface area contributed by atoms with Gasteiger partial charge in [0.05, 0.1) is 5.83 Å². The van der Waals surface area contributed by atoms with Crippen LogP contribution in [0.5, 0.6) is 0 Å². The lowest BCUT2D eigenvalue weighted by Crippen LogP contribution is -1.67. The third-order valence-corrected chi connectivity index (χ3v) is 0.765. The number of allylic oxidation sites excluding steroid dienone is 3. The monoisotopic (exact) mass is 114 g/mol. The summed E-state index contributed by atoms with van der Waals surface area (Å²) in [4.78, 5) is 0. The minimum atomic E-state index is -0.0810. The zero-order chi connectivity index (χ0) is 6.41. The third kappa shape index (κ3) is 3.59. The summed E-state index contributed by atoms with van der Waals surface area (Å²) >= 11 is 0. The van der Waals surface area contributed by atoms with Crippen LogP contribution < -0.4 is 0 Å². The van der Waals surface area contributed by atoms with Crippen molar-refractivity contribution in [3.63, 3.8) is 0 Å². The Morgan fingerprint density at radius 1 is 1.75 bits per heavy atom. The second kappa shape index (κ2) is 4.57. The van der Waals surface area contributed by atoms with Crippen molar-refractivity contribution in [2.45, 2.75) is 19.8 Å². The molecule has 0 unspecified atom stereocenters. The number of hydrogen-bond acceptors (Lipinski definition) is 0. The topological polar surface area (TPSA) is 0 Å². The molecule has 0 saturated carbocycles. The molecule has 1 heteroatoms. The average molecular weight is 114 g/mol. The Morgan fingerprint density at radius 3 is 2.75 bits per heavy atom. The normalized spacial score (nSPS) is 11.5. The molecule has 0 aliphatic heterocycles. The van der Waals surface area contributed by atoms with E-state index in [0.717, 1.165) is 6.42 Å². The summed E-state index contributed by atoms with van der Waals surface area (Å²) in [5.41, 5.74) is 0. The van der Waals surface area contributed by atoms with Gasteiger partial charge in [0, 0.05) is 6.42 Å². The molecule has 0 bridgehead atoms. The van der Waals surface area contributed by atoms with Gasteiger partial charge in [-0.25, -0.2) is 4.39 Å². The van der Waals surface area contributed by atoms with Gasteiger partial charge in [-0.15, -0.1) is 6.58 Å². The highest BCUT2D eigenvalue weighted by atomic mass is 19.1. The van der Waals surface area contributed by atoms with Crippen LogP contribution in [0.2, 0.25) is 0 Å². The first-order chi connectivity index (χ1) is 3.81. The zero-order valence-electron chi connectivity index (χ0n) is 5.15. The van der Waals surface area contributed by atoms with Gasteiger partial charge in [0.2, 0.25) is 0 Å². The summed E-state index contributed by atoms with van der Waals surface area (Å²) in [6, 6.07) is 0. The SMILES string of the molecule is C=CC/C(F)=C/CC. The maximum absolute atomic E-state index is 12.2. The molecule has 0 aliphatic carbocycles. The van der Waals surface area contributed by atoms with Crippen LogP contribution in [0.15, 0.2) is 24.6 Å². The van der Waals surface area contributed by atoms with Gasteiger partial charge in [-0.3, -0.25) is 0 Å². The van der Waals surface area contributed by atoms with Crippen molar-refractivity contribution in [3.05, 3.63) is 24.6 Å². The molecule has 0 spiro atoms. The molecule has 0 fully saturated rings. The molecule has 46 valence electrons. The lowest BCUT2D eigenvalue weighted by molar-refractivity contribution is 0.612. The van der Waals surface area contributed by atoms with E-state index in [1.807, 2.05) is 6.92 Å². The molecule has 0 aromatic carbocycles. The lowest BCUT2D eigenvalue weighted by atomic mass is 10.3. The van der Waals surface area contributed by atoms with Gasteiger partial charge in [0.15, 0.2) is 0 Å². The molecular formula is C7H11F. The Kier molecular flexibility index (Phi) is 4.23. The van der Waals surface area contributed by atoms with Crippen LogP contribution in [-0.4, -0.2) is 0 Å². The summed E-state index contributed by atoms with van der Waals surface area (Å²) in [7, 11) is 0. The van der Waals surface area contributed by atoms with Crippen LogP contribution in [0.3, 0.4) is 0 Å². The summed E-state index contributed by atoms with van der Waals surface area (Å²) in [6.45, 7) is 5.31. The predicted octanol–water partition coefficient (Wildman–Crippen LogP) is 2.83. The second-order valence-electron chi connectivity index (χ2n) is 1.55. The van der Waals surface area contributed by atoms with E-state index in [1.54, 1.807) is 12.2 Å². The number of hydrogen-bond donors (Lipinski definition) is 0. The Balaban J connectivity index is 3.44. The van der Waals surface area contributed by atoms with Crippen molar-refractivity contribution < 1.29 is 4.39 Å². The first kappa shape index (κ1) is 7.41. The Morgan fingerprint density at radius 2 is 2.38 bits per heavy atom. The predicted molar refractivity (Wildman–Crippen MR) is 34.3 cm³/mol. The molecule has 0 atom stereocenters. The van der Waals surface area contributed by atoms with E-state index in [4.69, 9.17) is 0 Å². The summed E-state index contributed by atoms with van der Waals surface area (Å²) in [5.74, 6) is -0.0810. The van der Waals surface area contributed by atoms with Gasteiger partial charge < -0.3 is 0 Å². The molecule has 0 nitrogen and oxygen atoms in total. The summed E-state index contributed by atoms with van der Waals surface area (Å²) < 4.78 is 12.2. The number of halogens is 1. The van der Waals surface area contributed by atoms with Crippen molar-refractivity contribution >= 4 is 0 Å². The van der Waals surface area contributed by atoms with Crippen molar-refractivity contribution in [3.8, 4) is 0 Å². The molecular weight excluding hydrogens is 103 g/mol. The molecule has 0 aromatic heterocycles. The maximum atomic E-state index is 12.2. The Hall–Kier alpha value is -0.590. The molecule has 0 N–H and O–H groups in total. The lowest BCUT2D eigenvalue weighted by Gasteiger charge is -1.85. The van der Waals surface area contributed by atoms with Crippen molar-refractivity contribution in [1.82, 2.24) is 0 Å². The van der Waals surface area contributed by atoms with Gasteiger partial charge in [0.25, 0.3) is 0 Å². The van der Waals surface area contributed by atoms with Crippen LogP contribution in [0, 0.1) is 0 Å². The van der Waals surface area contributed by atoms with Crippen LogP contribution in [0.25, 0.3) is 0 Å². The van der Waals surface area contributed by atoms with Crippen molar-refractivity contribution in [2.24, 2.45) is 0 Å². The van der Waals surface area contributed by atoms with E-state index in [1.165, 1.54) is 0 Å². The van der Waals surface area contributed by atoms with E-state index in [0.29, 0.717) is 6.42 Å². The van der Waals surface area contributed by atoms with Crippen LogP contribution in [-0.2, 0) is 0 Å². The second-order valence-corrected chi connectivity index (χ2v) is 1.55. The van der Waals surface area contributed by atoms with Crippen LogP contribution in [0.1, 0.15) is 19.8 Å². The highest BCUT2D eigenvalue weighted by molar-refractivity contribution is 4.96. The maximum Gasteiger partial charge on any atom is 0.0997 e. The fraction of sp³-hybridized carbons (Fsp3) is 0.429. The van der Waals surface area contributed by atoms with Crippen molar-refractivity contribution in [2.75, 3.05) is 0 Å². The molecule has 8 heavy (non-hydrogen) atoms. The van der Waals surface area contributed by atoms with Crippen molar-refractivity contribution in [1.29, 1.82) is 0 Å². The number of rotatable bonds is 3. The van der Waals surface area contributed by atoms with Crippen LogP contribution >= 0.6 is 0 Å². The standard InChI is InChI=1S/C7H11F/c1-3-5-7(8)6-4-2/h3,6H,1,4-5H2,2H3/b7-6-. The summed E-state index contributed by atoms with van der Waals surface area (Å²) in [6.07, 6.45) is 4.25. The molecule has 0 radical (unpaired) electrons. The molecule has 0 heterocycles. The fourth-order valence-electron chi connectivity index (χ4n) is 0.443. The van der Waals surface area contributed by atoms with Gasteiger partial charge in [0.1, 0.15) is 0 Å². The van der Waals surface area contributed by atoms with E-state index in [2.05, 4.69) is 6.58 Å². The molecule has 0 rings (SSSR count). The van der Waals surface area contributed by atoms with E-state index in [-0.39, 0.29) is 5.83 Å². The largest absolute Gasteiger partial charge is 0.212 e.